The molecule has 0 N–H and O–H groups in total. The van der Waals surface area contributed by atoms with E-state index in [-0.39, 0.29) is 9.49 Å². The van der Waals surface area contributed by atoms with E-state index in [0.29, 0.717) is 0 Å². The van der Waals surface area contributed by atoms with Crippen LogP contribution in [0.4, 0.5) is 0 Å². The minimum Gasteiger partial charge on any atom is -0.173 e. The molecule has 0 amide bonds. The first-order chi connectivity index (χ1) is 5.31. The molecule has 0 radical (unpaired) electrons. The first-order valence-corrected chi connectivity index (χ1v) is 5.65. The van der Waals surface area contributed by atoms with Gasteiger partial charge in [0.25, 0.3) is 0 Å². The number of thiol groups is 2. The number of rotatable bonds is 1. The van der Waals surface area contributed by atoms with E-state index in [1.807, 2.05) is 0 Å². The maximum absolute atomic E-state index is 4.63. The monoisotopic (exact) mass is 204 g/mol. The molecule has 0 nitrogen and oxygen atoms in total. The fraction of sp³-hybridized carbons (Fsp3) is 1.00. The summed E-state index contributed by atoms with van der Waals surface area (Å²) < 4.78 is 0.486. The highest BCUT2D eigenvalue weighted by molar-refractivity contribution is 7.82. The van der Waals surface area contributed by atoms with E-state index < -0.39 is 0 Å². The minimum atomic E-state index is 0.199. The van der Waals surface area contributed by atoms with Gasteiger partial charge in [0.1, 0.15) is 0 Å². The summed E-state index contributed by atoms with van der Waals surface area (Å²) in [6.45, 7) is 6.70. The molecule has 0 aromatic carbocycles. The summed E-state index contributed by atoms with van der Waals surface area (Å²) in [4.78, 5) is 0. The summed E-state index contributed by atoms with van der Waals surface area (Å²) in [6.07, 6.45) is 5.06. The molecule has 1 fully saturated rings. The molecule has 0 aliphatic heterocycles. The molecule has 0 unspecified atom stereocenters. The first-order valence-electron chi connectivity index (χ1n) is 4.76. The molecule has 1 aliphatic carbocycles. The van der Waals surface area contributed by atoms with E-state index in [4.69, 9.17) is 0 Å². The van der Waals surface area contributed by atoms with Gasteiger partial charge in [-0.25, -0.2) is 0 Å². The van der Waals surface area contributed by atoms with Gasteiger partial charge in [-0.05, 0) is 31.6 Å². The Bertz CT molecular complexity index is 146. The van der Waals surface area contributed by atoms with E-state index in [1.165, 1.54) is 25.7 Å². The van der Waals surface area contributed by atoms with E-state index in [2.05, 4.69) is 46.0 Å². The van der Waals surface area contributed by atoms with Crippen LogP contribution in [0.2, 0.25) is 0 Å². The van der Waals surface area contributed by atoms with Crippen molar-refractivity contribution in [3.63, 3.8) is 0 Å². The second kappa shape index (κ2) is 3.45. The van der Waals surface area contributed by atoms with Gasteiger partial charge < -0.3 is 0 Å². The maximum atomic E-state index is 4.63. The summed E-state index contributed by atoms with van der Waals surface area (Å²) in [5.41, 5.74) is 0. The molecule has 12 heavy (non-hydrogen) atoms. The second-order valence-corrected chi connectivity index (χ2v) is 7.16. The lowest BCUT2D eigenvalue weighted by Crippen LogP contribution is -2.33. The van der Waals surface area contributed by atoms with Gasteiger partial charge >= 0.3 is 0 Å². The topological polar surface area (TPSA) is 0 Å². The third-order valence-electron chi connectivity index (χ3n) is 3.06. The van der Waals surface area contributed by atoms with Crippen LogP contribution in [0.5, 0.6) is 0 Å². The molecule has 2 heteroatoms. The molecule has 1 aliphatic rings. The predicted octanol–water partition coefficient (Wildman–Crippen LogP) is 3.57. The zero-order valence-electron chi connectivity index (χ0n) is 8.30. The van der Waals surface area contributed by atoms with Crippen molar-refractivity contribution in [2.45, 2.75) is 55.9 Å². The molecule has 72 valence electrons. The molecule has 0 heterocycles. The van der Waals surface area contributed by atoms with Gasteiger partial charge in [-0.15, -0.1) is 0 Å². The lowest BCUT2D eigenvalue weighted by Gasteiger charge is -2.39. The average Bonchev–Trinajstić information content (AvgIpc) is 1.83. The zero-order chi connectivity index (χ0) is 9.41. The highest BCUT2D eigenvalue weighted by Crippen LogP contribution is 2.42. The Morgan fingerprint density at radius 3 is 2.00 bits per heavy atom. The summed E-state index contributed by atoms with van der Waals surface area (Å²) in [5.74, 6) is 0.779. The van der Waals surface area contributed by atoms with Gasteiger partial charge in [-0.2, -0.15) is 25.3 Å². The molecule has 0 bridgehead atoms. The van der Waals surface area contributed by atoms with Crippen LogP contribution in [0.1, 0.15) is 46.5 Å². The highest BCUT2D eigenvalue weighted by atomic mass is 32.1. The van der Waals surface area contributed by atoms with Crippen LogP contribution in [0.15, 0.2) is 0 Å². The molecule has 0 aromatic rings. The molecule has 1 saturated carbocycles. The number of hydrogen-bond acceptors (Lipinski definition) is 2. The van der Waals surface area contributed by atoms with E-state index in [9.17, 15) is 0 Å². The van der Waals surface area contributed by atoms with Crippen LogP contribution in [0.3, 0.4) is 0 Å². The van der Waals surface area contributed by atoms with Crippen molar-refractivity contribution in [3.05, 3.63) is 0 Å². The Hall–Kier alpha value is 0.700. The molecular weight excluding hydrogens is 184 g/mol. The van der Waals surface area contributed by atoms with Crippen molar-refractivity contribution in [1.29, 1.82) is 0 Å². The summed E-state index contributed by atoms with van der Waals surface area (Å²) in [7, 11) is 0. The Morgan fingerprint density at radius 2 is 1.67 bits per heavy atom. The van der Waals surface area contributed by atoms with Gasteiger partial charge in [-0.1, -0.05) is 20.8 Å². The minimum absolute atomic E-state index is 0.199. The van der Waals surface area contributed by atoms with Crippen LogP contribution in [0, 0.1) is 5.92 Å². The molecular formula is C10H20S2. The Labute approximate surface area is 87.3 Å². The molecule has 0 aromatic heterocycles. The maximum Gasteiger partial charge on any atom is 0.0102 e. The molecule has 0 saturated heterocycles. The van der Waals surface area contributed by atoms with Crippen molar-refractivity contribution < 1.29 is 0 Å². The molecule has 0 spiro atoms. The number of hydrogen-bond donors (Lipinski definition) is 2. The quantitative estimate of drug-likeness (QED) is 0.599. The van der Waals surface area contributed by atoms with E-state index >= 15 is 0 Å². The highest BCUT2D eigenvalue weighted by Gasteiger charge is 2.33. The van der Waals surface area contributed by atoms with Crippen molar-refractivity contribution in [3.8, 4) is 0 Å². The third-order valence-corrected chi connectivity index (χ3v) is 3.87. The van der Waals surface area contributed by atoms with E-state index in [0.717, 1.165) is 5.92 Å². The second-order valence-electron chi connectivity index (χ2n) is 4.92. The predicted molar refractivity (Wildman–Crippen MR) is 62.4 cm³/mol. The summed E-state index contributed by atoms with van der Waals surface area (Å²) in [5, 5.41) is 0. The summed E-state index contributed by atoms with van der Waals surface area (Å²) >= 11 is 9.26. The van der Waals surface area contributed by atoms with Gasteiger partial charge in [0.2, 0.25) is 0 Å². The fourth-order valence-corrected chi connectivity index (χ4v) is 2.46. The van der Waals surface area contributed by atoms with Gasteiger partial charge in [-0.3, -0.25) is 0 Å². The molecule has 0 atom stereocenters. The van der Waals surface area contributed by atoms with Crippen LogP contribution >= 0.6 is 25.3 Å². The fourth-order valence-electron chi connectivity index (χ4n) is 1.95. The van der Waals surface area contributed by atoms with Crippen molar-refractivity contribution in [2.24, 2.45) is 5.92 Å². The third kappa shape index (κ3) is 2.88. The average molecular weight is 204 g/mol. The lowest BCUT2D eigenvalue weighted by molar-refractivity contribution is 0.274. The normalized spacial score (nSPS) is 38.2. The summed E-state index contributed by atoms with van der Waals surface area (Å²) in [6, 6.07) is 0. The Kier molecular flexibility index (Phi) is 3.10. The van der Waals surface area contributed by atoms with Gasteiger partial charge in [0, 0.05) is 9.49 Å². The van der Waals surface area contributed by atoms with Gasteiger partial charge in [0.15, 0.2) is 0 Å². The van der Waals surface area contributed by atoms with Crippen LogP contribution in [-0.2, 0) is 0 Å². The Morgan fingerprint density at radius 1 is 1.25 bits per heavy atom. The van der Waals surface area contributed by atoms with E-state index in [1.54, 1.807) is 0 Å². The van der Waals surface area contributed by atoms with Crippen LogP contribution < -0.4 is 0 Å². The van der Waals surface area contributed by atoms with Crippen molar-refractivity contribution in [2.75, 3.05) is 0 Å². The SMILES string of the molecule is CC1(S)CCC(C(C)(C)S)CC1. The smallest absolute Gasteiger partial charge is 0.0102 e. The Balaban J connectivity index is 2.47. The first kappa shape index (κ1) is 10.8. The van der Waals surface area contributed by atoms with Crippen LogP contribution in [-0.4, -0.2) is 9.49 Å². The largest absolute Gasteiger partial charge is 0.173 e. The molecule has 1 rings (SSSR count). The zero-order valence-corrected chi connectivity index (χ0v) is 10.1. The lowest BCUT2D eigenvalue weighted by atomic mass is 9.76. The van der Waals surface area contributed by atoms with Crippen molar-refractivity contribution >= 4 is 25.3 Å². The van der Waals surface area contributed by atoms with Gasteiger partial charge in [0.05, 0.1) is 0 Å². The van der Waals surface area contributed by atoms with Crippen LogP contribution in [0.25, 0.3) is 0 Å². The van der Waals surface area contributed by atoms with Crippen molar-refractivity contribution in [1.82, 2.24) is 0 Å². The standard InChI is InChI=1S/C10H20S2/c1-9(2,11)8-4-6-10(3,12)7-5-8/h8,11-12H,4-7H2,1-3H3.